The van der Waals surface area contributed by atoms with E-state index in [2.05, 4.69) is 15.9 Å². The molecule has 0 heterocycles. The number of rotatable bonds is 4. The lowest BCUT2D eigenvalue weighted by Crippen LogP contribution is -2.10. The van der Waals surface area contributed by atoms with Crippen molar-refractivity contribution in [2.45, 2.75) is 0 Å². The number of nitrogens with zero attached hydrogens (tertiary/aromatic N) is 1. The van der Waals surface area contributed by atoms with Crippen molar-refractivity contribution in [2.75, 3.05) is 14.2 Å². The van der Waals surface area contributed by atoms with Crippen LogP contribution in [0.1, 0.15) is 15.9 Å². The van der Waals surface area contributed by atoms with Gasteiger partial charge in [-0.15, -0.1) is 0 Å². The Balaban J connectivity index is 2.31. The van der Waals surface area contributed by atoms with Crippen molar-refractivity contribution in [3.8, 4) is 23.3 Å². The fourth-order valence-corrected chi connectivity index (χ4v) is 2.17. The minimum Gasteiger partial charge on any atom is -0.497 e. The van der Waals surface area contributed by atoms with Gasteiger partial charge in [0, 0.05) is 10.5 Å². The summed E-state index contributed by atoms with van der Waals surface area (Å²) in [6, 6.07) is 11.6. The fourth-order valence-electron chi connectivity index (χ4n) is 1.76. The highest BCUT2D eigenvalue weighted by atomic mass is 79.9. The molecule has 0 unspecified atom stereocenters. The second-order valence-corrected chi connectivity index (χ2v) is 5.07. The van der Waals surface area contributed by atoms with Crippen LogP contribution < -0.4 is 14.2 Å². The van der Waals surface area contributed by atoms with E-state index in [1.54, 1.807) is 24.3 Å². The molecule has 5 nitrogen and oxygen atoms in total. The molecule has 0 aliphatic heterocycles. The molecule has 0 bridgehead atoms. The molecule has 2 aromatic rings. The molecule has 0 saturated heterocycles. The maximum atomic E-state index is 12.3. The Kier molecular flexibility index (Phi) is 5.02. The minimum atomic E-state index is -0.561. The van der Waals surface area contributed by atoms with Gasteiger partial charge in [-0.1, -0.05) is 0 Å². The van der Waals surface area contributed by atoms with Crippen molar-refractivity contribution < 1.29 is 19.0 Å². The van der Waals surface area contributed by atoms with Crippen LogP contribution in [-0.4, -0.2) is 20.2 Å². The number of ether oxygens (including phenoxy) is 3. The number of hydrogen-bond acceptors (Lipinski definition) is 5. The highest BCUT2D eigenvalue weighted by Crippen LogP contribution is 2.30. The first-order chi connectivity index (χ1) is 10.6. The van der Waals surface area contributed by atoms with Crippen molar-refractivity contribution >= 4 is 21.9 Å². The smallest absolute Gasteiger partial charge is 0.344 e. The summed E-state index contributed by atoms with van der Waals surface area (Å²) < 4.78 is 16.2. The molecule has 0 amide bonds. The Morgan fingerprint density at radius 1 is 1.09 bits per heavy atom. The number of hydrogen-bond donors (Lipinski definition) is 0. The van der Waals surface area contributed by atoms with E-state index in [4.69, 9.17) is 19.5 Å². The molecule has 0 aliphatic rings. The van der Waals surface area contributed by atoms with Crippen molar-refractivity contribution in [2.24, 2.45) is 0 Å². The van der Waals surface area contributed by atoms with Crippen LogP contribution in [0.5, 0.6) is 17.2 Å². The number of esters is 1. The fraction of sp³-hybridized carbons (Fsp3) is 0.125. The maximum Gasteiger partial charge on any atom is 0.344 e. The van der Waals surface area contributed by atoms with Gasteiger partial charge in [-0.05, 0) is 46.3 Å². The average molecular weight is 362 g/mol. The zero-order valence-electron chi connectivity index (χ0n) is 11.9. The van der Waals surface area contributed by atoms with Gasteiger partial charge in [-0.3, -0.25) is 0 Å². The summed E-state index contributed by atoms with van der Waals surface area (Å²) >= 11 is 3.30. The SMILES string of the molecule is COc1ccc(Br)c(C(=O)Oc2ccc(C#N)cc2OC)c1. The van der Waals surface area contributed by atoms with Crippen molar-refractivity contribution in [3.05, 3.63) is 52.0 Å². The number of nitriles is 1. The summed E-state index contributed by atoms with van der Waals surface area (Å²) in [6.07, 6.45) is 0. The van der Waals surface area contributed by atoms with E-state index in [9.17, 15) is 4.79 Å². The van der Waals surface area contributed by atoms with E-state index in [1.807, 2.05) is 6.07 Å². The van der Waals surface area contributed by atoms with Crippen molar-refractivity contribution in [3.63, 3.8) is 0 Å². The van der Waals surface area contributed by atoms with Gasteiger partial charge in [-0.2, -0.15) is 5.26 Å². The van der Waals surface area contributed by atoms with Crippen LogP contribution in [0.3, 0.4) is 0 Å². The standard InChI is InChI=1S/C16H12BrNO4/c1-20-11-4-5-13(17)12(8-11)16(19)22-14-6-3-10(9-18)7-15(14)21-2/h3-8H,1-2H3. The molecule has 6 heteroatoms. The molecule has 2 aromatic carbocycles. The Morgan fingerprint density at radius 3 is 2.50 bits per heavy atom. The molecule has 0 fully saturated rings. The molecule has 0 atom stereocenters. The third kappa shape index (κ3) is 3.38. The second-order valence-electron chi connectivity index (χ2n) is 4.21. The molecule has 0 N–H and O–H groups in total. The van der Waals surface area contributed by atoms with Gasteiger partial charge in [0.15, 0.2) is 11.5 Å². The first-order valence-electron chi connectivity index (χ1n) is 6.23. The molecule has 22 heavy (non-hydrogen) atoms. The van der Waals surface area contributed by atoms with Crippen LogP contribution in [0.25, 0.3) is 0 Å². The van der Waals surface area contributed by atoms with Gasteiger partial charge in [0.2, 0.25) is 0 Å². The molecular weight excluding hydrogens is 350 g/mol. The summed E-state index contributed by atoms with van der Waals surface area (Å²) in [5, 5.41) is 8.87. The first-order valence-corrected chi connectivity index (χ1v) is 7.02. The van der Waals surface area contributed by atoms with Crippen LogP contribution in [0.2, 0.25) is 0 Å². The van der Waals surface area contributed by atoms with Crippen LogP contribution >= 0.6 is 15.9 Å². The Hall–Kier alpha value is -2.52. The maximum absolute atomic E-state index is 12.3. The van der Waals surface area contributed by atoms with E-state index in [0.717, 1.165) is 0 Å². The monoisotopic (exact) mass is 361 g/mol. The molecule has 0 radical (unpaired) electrons. The van der Waals surface area contributed by atoms with E-state index in [-0.39, 0.29) is 5.75 Å². The quantitative estimate of drug-likeness (QED) is 0.615. The number of carbonyl (C=O) groups is 1. The molecular formula is C16H12BrNO4. The highest BCUT2D eigenvalue weighted by molar-refractivity contribution is 9.10. The predicted molar refractivity (Wildman–Crippen MR) is 83.4 cm³/mol. The summed E-state index contributed by atoms with van der Waals surface area (Å²) in [4.78, 5) is 12.3. The lowest BCUT2D eigenvalue weighted by atomic mass is 10.2. The number of halogens is 1. The normalized spacial score (nSPS) is 9.73. The van der Waals surface area contributed by atoms with Crippen molar-refractivity contribution in [1.29, 1.82) is 5.26 Å². The molecule has 0 aliphatic carbocycles. The Labute approximate surface area is 136 Å². The Morgan fingerprint density at radius 2 is 1.86 bits per heavy atom. The summed E-state index contributed by atoms with van der Waals surface area (Å²) in [7, 11) is 2.96. The average Bonchev–Trinajstić information content (AvgIpc) is 2.55. The summed E-state index contributed by atoms with van der Waals surface area (Å²) in [5.41, 5.74) is 0.741. The topological polar surface area (TPSA) is 68.5 Å². The summed E-state index contributed by atoms with van der Waals surface area (Å²) in [5.74, 6) is 0.531. The van der Waals surface area contributed by atoms with Gasteiger partial charge in [0.05, 0.1) is 31.4 Å². The predicted octanol–water partition coefficient (Wildman–Crippen LogP) is 3.56. The number of benzene rings is 2. The second kappa shape index (κ2) is 6.96. The molecule has 0 aromatic heterocycles. The van der Waals surface area contributed by atoms with E-state index >= 15 is 0 Å². The van der Waals surface area contributed by atoms with Gasteiger partial charge < -0.3 is 14.2 Å². The summed E-state index contributed by atoms with van der Waals surface area (Å²) in [6.45, 7) is 0. The lowest BCUT2D eigenvalue weighted by Gasteiger charge is -2.11. The minimum absolute atomic E-state index is 0.237. The van der Waals surface area contributed by atoms with E-state index < -0.39 is 5.97 Å². The Bertz CT molecular complexity index is 752. The van der Waals surface area contributed by atoms with Gasteiger partial charge in [-0.25, -0.2) is 4.79 Å². The van der Waals surface area contributed by atoms with Crippen LogP contribution in [0, 0.1) is 11.3 Å². The first kappa shape index (κ1) is 15.9. The van der Waals surface area contributed by atoms with Crippen LogP contribution in [0.4, 0.5) is 0 Å². The zero-order valence-corrected chi connectivity index (χ0v) is 13.5. The van der Waals surface area contributed by atoms with Crippen molar-refractivity contribution in [1.82, 2.24) is 0 Å². The number of carbonyl (C=O) groups excluding carboxylic acids is 1. The molecule has 0 spiro atoms. The van der Waals surface area contributed by atoms with Gasteiger partial charge in [0.25, 0.3) is 0 Å². The molecule has 2 rings (SSSR count). The molecule has 112 valence electrons. The number of methoxy groups -OCH3 is 2. The van der Waals surface area contributed by atoms with Gasteiger partial charge in [0.1, 0.15) is 5.75 Å². The third-order valence-corrected chi connectivity index (χ3v) is 3.58. The van der Waals surface area contributed by atoms with Gasteiger partial charge >= 0.3 is 5.97 Å². The lowest BCUT2D eigenvalue weighted by molar-refractivity contribution is 0.0728. The zero-order chi connectivity index (χ0) is 16.1. The van der Waals surface area contributed by atoms with Crippen LogP contribution in [-0.2, 0) is 0 Å². The highest BCUT2D eigenvalue weighted by Gasteiger charge is 2.16. The van der Waals surface area contributed by atoms with E-state index in [1.165, 1.54) is 26.4 Å². The molecule has 0 saturated carbocycles. The van der Waals surface area contributed by atoms with Crippen LogP contribution in [0.15, 0.2) is 40.9 Å². The van der Waals surface area contributed by atoms with E-state index in [0.29, 0.717) is 27.1 Å². The third-order valence-electron chi connectivity index (χ3n) is 2.89. The largest absolute Gasteiger partial charge is 0.497 e.